The Bertz CT molecular complexity index is 239. The molecule has 0 aromatic carbocycles. The minimum atomic E-state index is -0.0827. The highest BCUT2D eigenvalue weighted by Crippen LogP contribution is 2.19. The summed E-state index contributed by atoms with van der Waals surface area (Å²) >= 11 is 0. The van der Waals surface area contributed by atoms with Gasteiger partial charge in [0.1, 0.15) is 0 Å². The third kappa shape index (κ3) is 3.55. The van der Waals surface area contributed by atoms with Gasteiger partial charge in [-0.15, -0.1) is 0 Å². The number of hydrogen-bond donors (Lipinski definition) is 2. The Hall–Kier alpha value is -1.03. The highest BCUT2D eigenvalue weighted by Gasteiger charge is 2.25. The number of nitrogens with zero attached hydrogens (tertiary/aromatic N) is 1. The molecule has 4 nitrogen and oxygen atoms in total. The van der Waals surface area contributed by atoms with Crippen LogP contribution in [0.1, 0.15) is 32.6 Å². The Kier molecular flexibility index (Phi) is 4.62. The SMILES string of the molecule is C=C(C)NC(=O)N1CCCCC1CCO. The Morgan fingerprint density at radius 2 is 2.33 bits per heavy atom. The predicted molar refractivity (Wildman–Crippen MR) is 59.4 cm³/mol. The number of allylic oxidation sites excluding steroid dienone is 1. The summed E-state index contributed by atoms with van der Waals surface area (Å²) in [6.45, 7) is 6.34. The van der Waals surface area contributed by atoms with Gasteiger partial charge in [-0.1, -0.05) is 6.58 Å². The van der Waals surface area contributed by atoms with Crippen LogP contribution in [0.2, 0.25) is 0 Å². The van der Waals surface area contributed by atoms with Crippen molar-refractivity contribution < 1.29 is 9.90 Å². The first-order valence-corrected chi connectivity index (χ1v) is 5.49. The van der Waals surface area contributed by atoms with Crippen molar-refractivity contribution in [1.82, 2.24) is 10.2 Å². The first-order chi connectivity index (χ1) is 7.15. The van der Waals surface area contributed by atoms with Gasteiger partial charge in [-0.05, 0) is 32.6 Å². The first kappa shape index (κ1) is 12.0. The molecular weight excluding hydrogens is 192 g/mol. The summed E-state index contributed by atoms with van der Waals surface area (Å²) in [7, 11) is 0. The molecule has 1 aliphatic heterocycles. The number of aliphatic hydroxyl groups is 1. The van der Waals surface area contributed by atoms with Crippen LogP contribution in [0.5, 0.6) is 0 Å². The van der Waals surface area contributed by atoms with E-state index in [1.807, 2.05) is 4.90 Å². The van der Waals surface area contributed by atoms with Crippen molar-refractivity contribution in [1.29, 1.82) is 0 Å². The van der Waals surface area contributed by atoms with Gasteiger partial charge in [0, 0.05) is 24.9 Å². The number of piperidine rings is 1. The van der Waals surface area contributed by atoms with Crippen LogP contribution in [0.3, 0.4) is 0 Å². The Balaban J connectivity index is 2.54. The molecule has 0 aliphatic carbocycles. The molecule has 1 atom stereocenters. The van der Waals surface area contributed by atoms with Crippen LogP contribution < -0.4 is 5.32 Å². The number of nitrogens with one attached hydrogen (secondary N) is 1. The lowest BCUT2D eigenvalue weighted by atomic mass is 10.0. The quantitative estimate of drug-likeness (QED) is 0.744. The fraction of sp³-hybridized carbons (Fsp3) is 0.727. The summed E-state index contributed by atoms with van der Waals surface area (Å²) in [4.78, 5) is 13.6. The van der Waals surface area contributed by atoms with E-state index < -0.39 is 0 Å². The largest absolute Gasteiger partial charge is 0.396 e. The van der Waals surface area contributed by atoms with Gasteiger partial charge < -0.3 is 15.3 Å². The molecule has 0 bridgehead atoms. The highest BCUT2D eigenvalue weighted by molar-refractivity contribution is 5.76. The maximum Gasteiger partial charge on any atom is 0.321 e. The molecule has 1 unspecified atom stereocenters. The molecule has 1 saturated heterocycles. The minimum absolute atomic E-state index is 0.0827. The average Bonchev–Trinajstić information content (AvgIpc) is 2.18. The van der Waals surface area contributed by atoms with Crippen molar-refractivity contribution in [3.63, 3.8) is 0 Å². The molecule has 0 aromatic heterocycles. The molecule has 0 aromatic rings. The Labute approximate surface area is 91.0 Å². The van der Waals surface area contributed by atoms with Gasteiger partial charge in [0.15, 0.2) is 0 Å². The standard InChI is InChI=1S/C11H20N2O2/c1-9(2)12-11(15)13-7-4-3-5-10(13)6-8-14/h10,14H,1,3-8H2,2H3,(H,12,15). The van der Waals surface area contributed by atoms with Gasteiger partial charge in [-0.2, -0.15) is 0 Å². The number of likely N-dealkylation sites (tertiary alicyclic amines) is 1. The molecule has 86 valence electrons. The van der Waals surface area contributed by atoms with Crippen LogP contribution in [0, 0.1) is 0 Å². The average molecular weight is 212 g/mol. The smallest absolute Gasteiger partial charge is 0.321 e. The molecule has 1 aliphatic rings. The molecule has 2 N–H and O–H groups in total. The zero-order valence-corrected chi connectivity index (χ0v) is 9.33. The third-order valence-electron chi connectivity index (χ3n) is 2.67. The third-order valence-corrected chi connectivity index (χ3v) is 2.67. The van der Waals surface area contributed by atoms with E-state index in [4.69, 9.17) is 5.11 Å². The second-order valence-electron chi connectivity index (χ2n) is 4.07. The van der Waals surface area contributed by atoms with Crippen LogP contribution in [0.15, 0.2) is 12.3 Å². The van der Waals surface area contributed by atoms with E-state index in [-0.39, 0.29) is 18.7 Å². The summed E-state index contributed by atoms with van der Waals surface area (Å²) in [6.07, 6.45) is 3.85. The topological polar surface area (TPSA) is 52.6 Å². The molecule has 1 rings (SSSR count). The van der Waals surface area contributed by atoms with E-state index in [1.54, 1.807) is 6.92 Å². The van der Waals surface area contributed by atoms with Gasteiger partial charge in [0.2, 0.25) is 0 Å². The monoisotopic (exact) mass is 212 g/mol. The molecule has 0 spiro atoms. The van der Waals surface area contributed by atoms with Crippen molar-refractivity contribution in [3.8, 4) is 0 Å². The van der Waals surface area contributed by atoms with E-state index in [9.17, 15) is 4.79 Å². The Morgan fingerprint density at radius 3 is 2.93 bits per heavy atom. The van der Waals surface area contributed by atoms with Crippen molar-refractivity contribution in [2.24, 2.45) is 0 Å². The lowest BCUT2D eigenvalue weighted by Gasteiger charge is -2.35. The molecule has 4 heteroatoms. The van der Waals surface area contributed by atoms with E-state index in [2.05, 4.69) is 11.9 Å². The molecule has 0 radical (unpaired) electrons. The molecule has 15 heavy (non-hydrogen) atoms. The van der Waals surface area contributed by atoms with Crippen LogP contribution in [-0.2, 0) is 0 Å². The number of carbonyl (C=O) groups is 1. The van der Waals surface area contributed by atoms with Gasteiger partial charge in [0.05, 0.1) is 0 Å². The van der Waals surface area contributed by atoms with Crippen LogP contribution >= 0.6 is 0 Å². The zero-order valence-electron chi connectivity index (χ0n) is 9.33. The van der Waals surface area contributed by atoms with E-state index >= 15 is 0 Å². The summed E-state index contributed by atoms with van der Waals surface area (Å²) in [5.41, 5.74) is 0.660. The van der Waals surface area contributed by atoms with Crippen LogP contribution in [0.25, 0.3) is 0 Å². The van der Waals surface area contributed by atoms with Crippen molar-refractivity contribution in [3.05, 3.63) is 12.3 Å². The van der Waals surface area contributed by atoms with E-state index in [1.165, 1.54) is 0 Å². The molecule has 1 heterocycles. The highest BCUT2D eigenvalue weighted by atomic mass is 16.3. The number of amides is 2. The summed E-state index contributed by atoms with van der Waals surface area (Å²) in [6, 6.07) is 0.101. The minimum Gasteiger partial charge on any atom is -0.396 e. The van der Waals surface area contributed by atoms with Gasteiger partial charge in [0.25, 0.3) is 0 Å². The van der Waals surface area contributed by atoms with Gasteiger partial charge >= 0.3 is 6.03 Å². The lowest BCUT2D eigenvalue weighted by molar-refractivity contribution is 0.134. The zero-order chi connectivity index (χ0) is 11.3. The second-order valence-corrected chi connectivity index (χ2v) is 4.07. The summed E-state index contributed by atoms with van der Waals surface area (Å²) in [5.74, 6) is 0. The first-order valence-electron chi connectivity index (χ1n) is 5.49. The second kappa shape index (κ2) is 5.75. The molecule has 1 fully saturated rings. The lowest BCUT2D eigenvalue weighted by Crippen LogP contribution is -2.48. The summed E-state index contributed by atoms with van der Waals surface area (Å²) in [5, 5.41) is 11.6. The van der Waals surface area contributed by atoms with Crippen LogP contribution in [-0.4, -0.2) is 35.2 Å². The number of rotatable bonds is 3. The van der Waals surface area contributed by atoms with E-state index in [0.29, 0.717) is 12.1 Å². The number of aliphatic hydroxyl groups excluding tert-OH is 1. The van der Waals surface area contributed by atoms with Crippen molar-refractivity contribution >= 4 is 6.03 Å². The fourth-order valence-corrected chi connectivity index (χ4v) is 1.97. The molecule has 2 amide bonds. The maximum absolute atomic E-state index is 11.8. The predicted octanol–water partition coefficient (Wildman–Crippen LogP) is 1.47. The van der Waals surface area contributed by atoms with Crippen LogP contribution in [0.4, 0.5) is 4.79 Å². The normalized spacial score (nSPS) is 21.2. The number of urea groups is 1. The summed E-state index contributed by atoms with van der Waals surface area (Å²) < 4.78 is 0. The maximum atomic E-state index is 11.8. The van der Waals surface area contributed by atoms with Gasteiger partial charge in [-0.3, -0.25) is 0 Å². The molecular formula is C11H20N2O2. The van der Waals surface area contributed by atoms with Gasteiger partial charge in [-0.25, -0.2) is 4.79 Å². The number of carbonyl (C=O) groups excluding carboxylic acids is 1. The van der Waals surface area contributed by atoms with E-state index in [0.717, 1.165) is 25.8 Å². The number of hydrogen-bond acceptors (Lipinski definition) is 2. The van der Waals surface area contributed by atoms with Crippen molar-refractivity contribution in [2.75, 3.05) is 13.2 Å². The molecule has 0 saturated carbocycles. The fourth-order valence-electron chi connectivity index (χ4n) is 1.97. The Morgan fingerprint density at radius 1 is 1.60 bits per heavy atom. The van der Waals surface area contributed by atoms with Crippen molar-refractivity contribution in [2.45, 2.75) is 38.6 Å².